The zero-order valence-electron chi connectivity index (χ0n) is 8.37. The van der Waals surface area contributed by atoms with Crippen LogP contribution in [-0.4, -0.2) is 7.05 Å². The van der Waals surface area contributed by atoms with Gasteiger partial charge in [-0.3, -0.25) is 0 Å². The lowest BCUT2D eigenvalue weighted by Gasteiger charge is -2.12. The van der Waals surface area contributed by atoms with Crippen molar-refractivity contribution in [3.05, 3.63) is 45.5 Å². The van der Waals surface area contributed by atoms with Crippen molar-refractivity contribution in [2.45, 2.75) is 12.5 Å². The molecule has 2 nitrogen and oxygen atoms in total. The van der Waals surface area contributed by atoms with Gasteiger partial charge in [-0.1, -0.05) is 0 Å². The number of likely N-dealkylation sites (N-methyl/N-ethyl adjacent to an activating group) is 1. The van der Waals surface area contributed by atoms with E-state index in [1.165, 1.54) is 5.56 Å². The van der Waals surface area contributed by atoms with E-state index in [-0.39, 0.29) is 6.04 Å². The van der Waals surface area contributed by atoms with Crippen molar-refractivity contribution < 1.29 is 4.42 Å². The Labute approximate surface area is 97.9 Å². The molecule has 0 amide bonds. The van der Waals surface area contributed by atoms with Crippen LogP contribution < -0.4 is 5.32 Å². The number of thiophene rings is 1. The SMILES string of the molecule is CNC(Cc1ccsc1)c1ccc(Cl)o1. The van der Waals surface area contributed by atoms with Crippen molar-refractivity contribution in [2.24, 2.45) is 0 Å². The first-order valence-electron chi connectivity index (χ1n) is 4.73. The van der Waals surface area contributed by atoms with Gasteiger partial charge in [0.05, 0.1) is 6.04 Å². The van der Waals surface area contributed by atoms with Gasteiger partial charge in [-0.15, -0.1) is 0 Å². The van der Waals surface area contributed by atoms with Crippen LogP contribution in [0.1, 0.15) is 17.4 Å². The Hall–Kier alpha value is -0.770. The van der Waals surface area contributed by atoms with E-state index in [4.69, 9.17) is 16.0 Å². The molecule has 2 heterocycles. The van der Waals surface area contributed by atoms with Crippen molar-refractivity contribution in [1.82, 2.24) is 5.32 Å². The number of hydrogen-bond donors (Lipinski definition) is 1. The van der Waals surface area contributed by atoms with E-state index in [0.29, 0.717) is 5.22 Å². The highest BCUT2D eigenvalue weighted by Gasteiger charge is 2.14. The topological polar surface area (TPSA) is 25.2 Å². The van der Waals surface area contributed by atoms with Gasteiger partial charge in [-0.05, 0) is 59.6 Å². The summed E-state index contributed by atoms with van der Waals surface area (Å²) in [6, 6.07) is 6.00. The molecule has 2 aromatic heterocycles. The van der Waals surface area contributed by atoms with Gasteiger partial charge in [-0.2, -0.15) is 11.3 Å². The molecule has 0 radical (unpaired) electrons. The van der Waals surface area contributed by atoms with Gasteiger partial charge in [0, 0.05) is 0 Å². The van der Waals surface area contributed by atoms with E-state index < -0.39 is 0 Å². The molecule has 4 heteroatoms. The van der Waals surface area contributed by atoms with Gasteiger partial charge >= 0.3 is 0 Å². The van der Waals surface area contributed by atoms with Gasteiger partial charge < -0.3 is 9.73 Å². The van der Waals surface area contributed by atoms with Crippen LogP contribution in [0.4, 0.5) is 0 Å². The third kappa shape index (κ3) is 2.62. The fourth-order valence-corrected chi connectivity index (χ4v) is 2.34. The van der Waals surface area contributed by atoms with Crippen LogP contribution in [0.2, 0.25) is 5.22 Å². The summed E-state index contributed by atoms with van der Waals surface area (Å²) in [4.78, 5) is 0. The maximum atomic E-state index is 5.75. The maximum Gasteiger partial charge on any atom is 0.193 e. The lowest BCUT2D eigenvalue weighted by atomic mass is 10.1. The molecule has 0 aliphatic carbocycles. The molecule has 0 spiro atoms. The number of hydrogen-bond acceptors (Lipinski definition) is 3. The van der Waals surface area contributed by atoms with Crippen molar-refractivity contribution >= 4 is 22.9 Å². The third-order valence-electron chi connectivity index (χ3n) is 2.31. The highest BCUT2D eigenvalue weighted by atomic mass is 35.5. The molecule has 1 unspecified atom stereocenters. The Morgan fingerprint density at radius 1 is 1.47 bits per heavy atom. The largest absolute Gasteiger partial charge is 0.448 e. The van der Waals surface area contributed by atoms with Gasteiger partial charge in [0.1, 0.15) is 5.76 Å². The van der Waals surface area contributed by atoms with Crippen molar-refractivity contribution in [1.29, 1.82) is 0 Å². The molecule has 2 aromatic rings. The fourth-order valence-electron chi connectivity index (χ4n) is 1.50. The van der Waals surface area contributed by atoms with E-state index in [2.05, 4.69) is 22.1 Å². The lowest BCUT2D eigenvalue weighted by molar-refractivity contribution is 0.431. The summed E-state index contributed by atoms with van der Waals surface area (Å²) in [6.45, 7) is 0. The first-order chi connectivity index (χ1) is 7.29. The minimum Gasteiger partial charge on any atom is -0.448 e. The number of rotatable bonds is 4. The second-order valence-electron chi connectivity index (χ2n) is 3.32. The summed E-state index contributed by atoms with van der Waals surface area (Å²) in [7, 11) is 1.92. The molecule has 1 atom stereocenters. The molecule has 0 bridgehead atoms. The Morgan fingerprint density at radius 2 is 2.33 bits per heavy atom. The Morgan fingerprint density at radius 3 is 2.87 bits per heavy atom. The zero-order valence-corrected chi connectivity index (χ0v) is 9.94. The van der Waals surface area contributed by atoms with Crippen LogP contribution >= 0.6 is 22.9 Å². The lowest BCUT2D eigenvalue weighted by Crippen LogP contribution is -2.17. The monoisotopic (exact) mass is 241 g/mol. The maximum absolute atomic E-state index is 5.75. The average molecular weight is 242 g/mol. The normalized spacial score (nSPS) is 12.9. The van der Waals surface area contributed by atoms with Crippen LogP contribution in [0.5, 0.6) is 0 Å². The molecule has 80 valence electrons. The number of furan rings is 1. The molecule has 0 saturated carbocycles. The van der Waals surface area contributed by atoms with Crippen LogP contribution in [0, 0.1) is 0 Å². The first kappa shape index (κ1) is 10.7. The standard InChI is InChI=1S/C11H12ClNOS/c1-13-9(6-8-4-5-15-7-8)10-2-3-11(12)14-10/h2-5,7,9,13H,6H2,1H3. The van der Waals surface area contributed by atoms with E-state index in [1.54, 1.807) is 17.4 Å². The smallest absolute Gasteiger partial charge is 0.193 e. The van der Waals surface area contributed by atoms with Crippen molar-refractivity contribution in [3.63, 3.8) is 0 Å². The van der Waals surface area contributed by atoms with Crippen LogP contribution in [0.25, 0.3) is 0 Å². The van der Waals surface area contributed by atoms with Gasteiger partial charge in [0.2, 0.25) is 0 Å². The van der Waals surface area contributed by atoms with Crippen molar-refractivity contribution in [2.75, 3.05) is 7.05 Å². The summed E-state index contributed by atoms with van der Waals surface area (Å²) in [5.74, 6) is 0.883. The molecule has 0 aliphatic heterocycles. The number of nitrogens with one attached hydrogen (secondary N) is 1. The second kappa shape index (κ2) is 4.84. The van der Waals surface area contributed by atoms with Crippen LogP contribution in [0.15, 0.2) is 33.4 Å². The van der Waals surface area contributed by atoms with Crippen LogP contribution in [-0.2, 0) is 6.42 Å². The summed E-state index contributed by atoms with van der Waals surface area (Å²) >= 11 is 7.46. The second-order valence-corrected chi connectivity index (χ2v) is 4.47. The Balaban J connectivity index is 2.11. The predicted octanol–water partition coefficient (Wildman–Crippen LogP) is 3.50. The molecule has 1 N–H and O–H groups in total. The molecule has 0 aliphatic rings. The summed E-state index contributed by atoms with van der Waals surface area (Å²) in [6.07, 6.45) is 0.920. The van der Waals surface area contributed by atoms with Gasteiger partial charge in [0.25, 0.3) is 0 Å². The highest BCUT2D eigenvalue weighted by Crippen LogP contribution is 2.23. The minimum absolute atomic E-state index is 0.187. The predicted molar refractivity (Wildman–Crippen MR) is 63.5 cm³/mol. The molecule has 15 heavy (non-hydrogen) atoms. The molecule has 0 aromatic carbocycles. The molecule has 0 saturated heterocycles. The molecular formula is C11H12ClNOS. The highest BCUT2D eigenvalue weighted by molar-refractivity contribution is 7.07. The minimum atomic E-state index is 0.187. The van der Waals surface area contributed by atoms with Crippen LogP contribution in [0.3, 0.4) is 0 Å². The van der Waals surface area contributed by atoms with Crippen molar-refractivity contribution in [3.8, 4) is 0 Å². The summed E-state index contributed by atoms with van der Waals surface area (Å²) in [5.41, 5.74) is 1.31. The summed E-state index contributed by atoms with van der Waals surface area (Å²) in [5, 5.41) is 7.89. The van der Waals surface area contributed by atoms with E-state index in [9.17, 15) is 0 Å². The van der Waals surface area contributed by atoms with Gasteiger partial charge in [-0.25, -0.2) is 0 Å². The van der Waals surface area contributed by atoms with E-state index >= 15 is 0 Å². The Bertz CT molecular complexity index is 410. The zero-order chi connectivity index (χ0) is 10.7. The van der Waals surface area contributed by atoms with Gasteiger partial charge in [0.15, 0.2) is 5.22 Å². The quantitative estimate of drug-likeness (QED) is 0.887. The Kier molecular flexibility index (Phi) is 3.46. The van der Waals surface area contributed by atoms with E-state index in [0.717, 1.165) is 12.2 Å². The molecule has 2 rings (SSSR count). The summed E-state index contributed by atoms with van der Waals surface area (Å²) < 4.78 is 5.39. The fraction of sp³-hybridized carbons (Fsp3) is 0.273. The molecule has 0 fully saturated rings. The first-order valence-corrected chi connectivity index (χ1v) is 6.05. The molecular weight excluding hydrogens is 230 g/mol. The number of halogens is 1. The third-order valence-corrected chi connectivity index (χ3v) is 3.24. The van der Waals surface area contributed by atoms with E-state index in [1.807, 2.05) is 13.1 Å². The average Bonchev–Trinajstić information content (AvgIpc) is 2.85.